The van der Waals surface area contributed by atoms with Crippen molar-refractivity contribution in [2.75, 3.05) is 13.2 Å². The summed E-state index contributed by atoms with van der Waals surface area (Å²) >= 11 is 0. The number of aliphatic hydroxyl groups excluding tert-OH is 2. The van der Waals surface area contributed by atoms with Gasteiger partial charge in [-0.05, 0) is 89.9 Å². The number of nitrogens with one attached hydrogen (secondary N) is 1. The molecule has 0 aliphatic rings. The van der Waals surface area contributed by atoms with Gasteiger partial charge in [0, 0.05) is 12.8 Å². The molecule has 0 aromatic heterocycles. The zero-order valence-electron chi connectivity index (χ0n) is 63.0. The predicted molar refractivity (Wildman–Crippen MR) is 412 cm³/mol. The van der Waals surface area contributed by atoms with E-state index in [1.54, 1.807) is 6.08 Å². The summed E-state index contributed by atoms with van der Waals surface area (Å²) in [5.74, 6) is -0.0444. The van der Waals surface area contributed by atoms with Crippen LogP contribution in [0.2, 0.25) is 0 Å². The number of ether oxygens (including phenoxy) is 1. The molecule has 0 aliphatic heterocycles. The maximum atomic E-state index is 12.5. The summed E-state index contributed by atoms with van der Waals surface area (Å²) < 4.78 is 5.51. The fraction of sp³-hybridized carbons (Fsp3) is 0.885. The largest absolute Gasteiger partial charge is 0.466 e. The summed E-state index contributed by atoms with van der Waals surface area (Å²) in [6.45, 7) is 4.95. The molecule has 0 saturated carbocycles. The second-order valence-electron chi connectivity index (χ2n) is 29.2. The Morgan fingerprint density at radius 2 is 0.538 bits per heavy atom. The molecule has 3 N–H and O–H groups in total. The minimum Gasteiger partial charge on any atom is -0.466 e. The molecule has 6 nitrogen and oxygen atoms in total. The molecule has 0 aromatic carbocycles. The molecule has 548 valence electrons. The Morgan fingerprint density at radius 1 is 0.301 bits per heavy atom. The van der Waals surface area contributed by atoms with E-state index in [-0.39, 0.29) is 18.5 Å². The molecule has 0 bridgehead atoms. The van der Waals surface area contributed by atoms with Gasteiger partial charge >= 0.3 is 5.97 Å². The monoisotopic (exact) mass is 1300 g/mol. The van der Waals surface area contributed by atoms with Crippen molar-refractivity contribution in [1.29, 1.82) is 0 Å². The highest BCUT2D eigenvalue weighted by Crippen LogP contribution is 2.20. The molecule has 93 heavy (non-hydrogen) atoms. The number of allylic oxidation sites excluding steroid dienone is 7. The van der Waals surface area contributed by atoms with Crippen LogP contribution in [0.4, 0.5) is 0 Å². The third kappa shape index (κ3) is 78.7. The third-order valence-corrected chi connectivity index (χ3v) is 19.8. The SMILES string of the molecule is CCCCCCCCC/C=C\CCCCCCCCCC(=O)OCCCCCCCCCCCCCCC/C=C\C/C=C\CCCCCCCCCCCCCCCCCCCC(=O)NC(CO)C(O)/C=C/CCCCCCCCCCCCCCCCCCCCC. The number of aliphatic hydroxyl groups is 2. The topological polar surface area (TPSA) is 95.9 Å². The minimum absolute atomic E-state index is 0.0164. The summed E-state index contributed by atoms with van der Waals surface area (Å²) in [4.78, 5) is 24.7. The first-order valence-electron chi connectivity index (χ1n) is 42.4. The van der Waals surface area contributed by atoms with E-state index in [1.807, 2.05) is 6.08 Å². The summed E-state index contributed by atoms with van der Waals surface area (Å²) in [6.07, 6.45) is 110. The fourth-order valence-electron chi connectivity index (χ4n) is 13.4. The highest BCUT2D eigenvalue weighted by atomic mass is 16.5. The number of hydrogen-bond acceptors (Lipinski definition) is 5. The maximum absolute atomic E-state index is 12.5. The first kappa shape index (κ1) is 90.8. The van der Waals surface area contributed by atoms with Crippen molar-refractivity contribution in [1.82, 2.24) is 5.32 Å². The average Bonchev–Trinajstić information content (AvgIpc) is 3.78. The average molecular weight is 1310 g/mol. The summed E-state index contributed by atoms with van der Waals surface area (Å²) in [5.41, 5.74) is 0. The lowest BCUT2D eigenvalue weighted by Gasteiger charge is -2.20. The number of hydrogen-bond donors (Lipinski definition) is 3. The van der Waals surface area contributed by atoms with E-state index in [1.165, 1.54) is 392 Å². The smallest absolute Gasteiger partial charge is 0.305 e. The van der Waals surface area contributed by atoms with Gasteiger partial charge in [0.1, 0.15) is 0 Å². The highest BCUT2D eigenvalue weighted by Gasteiger charge is 2.18. The molecule has 0 aliphatic carbocycles. The van der Waals surface area contributed by atoms with Gasteiger partial charge in [-0.3, -0.25) is 9.59 Å². The van der Waals surface area contributed by atoms with Crippen molar-refractivity contribution in [3.8, 4) is 0 Å². The first-order chi connectivity index (χ1) is 46.0. The van der Waals surface area contributed by atoms with E-state index in [4.69, 9.17) is 4.74 Å². The first-order valence-corrected chi connectivity index (χ1v) is 42.4. The van der Waals surface area contributed by atoms with Crippen LogP contribution in [0.5, 0.6) is 0 Å². The Labute approximate surface area is 582 Å². The molecule has 0 heterocycles. The number of rotatable bonds is 80. The molecular weight excluding hydrogens is 1140 g/mol. The highest BCUT2D eigenvalue weighted by molar-refractivity contribution is 5.76. The maximum Gasteiger partial charge on any atom is 0.305 e. The van der Waals surface area contributed by atoms with E-state index >= 15 is 0 Å². The second-order valence-corrected chi connectivity index (χ2v) is 29.2. The van der Waals surface area contributed by atoms with Gasteiger partial charge in [0.2, 0.25) is 5.91 Å². The van der Waals surface area contributed by atoms with Crippen molar-refractivity contribution in [2.45, 2.75) is 482 Å². The second kappa shape index (κ2) is 82.2. The van der Waals surface area contributed by atoms with Gasteiger partial charge in [-0.25, -0.2) is 0 Å². The number of carbonyl (C=O) groups is 2. The quantitative estimate of drug-likeness (QED) is 0.0320. The third-order valence-electron chi connectivity index (χ3n) is 19.8. The molecule has 0 spiro atoms. The fourth-order valence-corrected chi connectivity index (χ4v) is 13.4. The van der Waals surface area contributed by atoms with Crippen LogP contribution >= 0.6 is 0 Å². The van der Waals surface area contributed by atoms with Gasteiger partial charge in [-0.2, -0.15) is 0 Å². The van der Waals surface area contributed by atoms with Gasteiger partial charge in [0.25, 0.3) is 0 Å². The molecular formula is C87H165NO5. The van der Waals surface area contributed by atoms with E-state index < -0.39 is 12.1 Å². The van der Waals surface area contributed by atoms with E-state index in [9.17, 15) is 19.8 Å². The Bertz CT molecular complexity index is 1550. The summed E-state index contributed by atoms with van der Waals surface area (Å²) in [6, 6.07) is -0.628. The standard InChI is InChI=1S/C87H165NO5/c1-3-5-7-9-11-13-15-17-19-21-23-41-44-47-51-55-59-63-67-71-75-79-85(90)84(83-89)88-86(91)80-76-72-68-64-60-56-52-48-45-42-39-37-35-33-31-29-27-25-24-26-28-30-32-34-36-38-40-43-46-50-54-58-62-66-70-74-78-82-93-87(92)81-77-73-69-65-61-57-53-49-22-20-18-16-14-12-10-8-6-4-2/h20,22,24,26,30,32,75,79,84-85,89-90H,3-19,21,23,25,27-29,31,33-74,76-78,80-83H2,1-2H3,(H,88,91)/b22-20-,26-24-,32-30-,79-75+. The van der Waals surface area contributed by atoms with Crippen LogP contribution in [0.3, 0.4) is 0 Å². The Hall–Kier alpha value is -2.18. The lowest BCUT2D eigenvalue weighted by atomic mass is 10.0. The van der Waals surface area contributed by atoms with Crippen molar-refractivity contribution < 1.29 is 24.5 Å². The van der Waals surface area contributed by atoms with Crippen molar-refractivity contribution in [3.63, 3.8) is 0 Å². The number of amides is 1. The van der Waals surface area contributed by atoms with Gasteiger partial charge < -0.3 is 20.3 Å². The zero-order chi connectivity index (χ0) is 67.0. The summed E-state index contributed by atoms with van der Waals surface area (Å²) in [7, 11) is 0. The lowest BCUT2D eigenvalue weighted by molar-refractivity contribution is -0.143. The van der Waals surface area contributed by atoms with Gasteiger partial charge in [0.15, 0.2) is 0 Å². The Morgan fingerprint density at radius 3 is 0.828 bits per heavy atom. The van der Waals surface area contributed by atoms with Crippen LogP contribution in [0.25, 0.3) is 0 Å². The van der Waals surface area contributed by atoms with Gasteiger partial charge in [-0.1, -0.05) is 416 Å². The predicted octanol–water partition coefficient (Wildman–Crippen LogP) is 28.3. The molecule has 6 heteroatoms. The van der Waals surface area contributed by atoms with Crippen LogP contribution in [0.1, 0.15) is 470 Å². The van der Waals surface area contributed by atoms with Gasteiger partial charge in [-0.15, -0.1) is 0 Å². The Balaban J connectivity index is 3.38. The van der Waals surface area contributed by atoms with Crippen LogP contribution in [0, 0.1) is 0 Å². The lowest BCUT2D eigenvalue weighted by Crippen LogP contribution is -2.45. The van der Waals surface area contributed by atoms with Crippen LogP contribution in [-0.4, -0.2) is 47.4 Å². The van der Waals surface area contributed by atoms with E-state index in [0.29, 0.717) is 19.4 Å². The van der Waals surface area contributed by atoms with Crippen molar-refractivity contribution >= 4 is 11.9 Å². The van der Waals surface area contributed by atoms with Crippen molar-refractivity contribution in [2.24, 2.45) is 0 Å². The zero-order valence-corrected chi connectivity index (χ0v) is 63.0. The molecule has 0 rings (SSSR count). The molecule has 0 aromatic rings. The van der Waals surface area contributed by atoms with Gasteiger partial charge in [0.05, 0.1) is 25.4 Å². The van der Waals surface area contributed by atoms with Crippen LogP contribution in [-0.2, 0) is 14.3 Å². The van der Waals surface area contributed by atoms with E-state index in [2.05, 4.69) is 55.6 Å². The molecule has 1 amide bonds. The number of unbranched alkanes of at least 4 members (excludes halogenated alkanes) is 63. The normalized spacial score (nSPS) is 12.7. The number of carbonyl (C=O) groups excluding carboxylic acids is 2. The molecule has 2 atom stereocenters. The van der Waals surface area contributed by atoms with Crippen molar-refractivity contribution in [3.05, 3.63) is 48.6 Å². The minimum atomic E-state index is -0.844. The van der Waals surface area contributed by atoms with Crippen LogP contribution < -0.4 is 5.32 Å². The Kier molecular flexibility index (Phi) is 80.3. The molecule has 0 saturated heterocycles. The van der Waals surface area contributed by atoms with Crippen LogP contribution in [0.15, 0.2) is 48.6 Å². The van der Waals surface area contributed by atoms with E-state index in [0.717, 1.165) is 51.4 Å². The molecule has 0 radical (unpaired) electrons. The molecule has 2 unspecified atom stereocenters. The molecule has 0 fully saturated rings. The summed E-state index contributed by atoms with van der Waals surface area (Å²) in [5, 5.41) is 23.3. The number of esters is 1.